The molecule has 2 aliphatic carbocycles. The van der Waals surface area contributed by atoms with E-state index >= 15 is 0 Å². The minimum absolute atomic E-state index is 0.109. The molecule has 0 radical (unpaired) electrons. The van der Waals surface area contributed by atoms with Crippen LogP contribution in [0, 0.1) is 11.8 Å². The van der Waals surface area contributed by atoms with Crippen molar-refractivity contribution in [2.24, 2.45) is 11.8 Å². The lowest BCUT2D eigenvalue weighted by atomic mass is 10.0. The number of unbranched alkanes of at least 4 members (excludes halogenated alkanes) is 1. The normalized spacial score (nSPS) is 19.5. The Kier molecular flexibility index (Phi) is 8.10. The van der Waals surface area contributed by atoms with Crippen LogP contribution >= 0.6 is 0 Å². The lowest BCUT2D eigenvalue weighted by molar-refractivity contribution is -0.124. The van der Waals surface area contributed by atoms with Gasteiger partial charge in [0.25, 0.3) is 0 Å². The van der Waals surface area contributed by atoms with E-state index in [0.717, 1.165) is 24.8 Å². The van der Waals surface area contributed by atoms with Gasteiger partial charge in [-0.05, 0) is 29.9 Å². The molecule has 0 saturated heterocycles. The van der Waals surface area contributed by atoms with E-state index in [1.807, 2.05) is 26.0 Å². The third-order valence-electron chi connectivity index (χ3n) is 4.74. The second-order valence-electron chi connectivity index (χ2n) is 7.66. The predicted octanol–water partition coefficient (Wildman–Crippen LogP) is 2.85. The lowest BCUT2D eigenvalue weighted by Gasteiger charge is -2.23. The van der Waals surface area contributed by atoms with Crippen LogP contribution in [0.2, 0.25) is 0 Å². The second-order valence-corrected chi connectivity index (χ2v) is 7.66. The van der Waals surface area contributed by atoms with E-state index in [1.54, 1.807) is 0 Å². The van der Waals surface area contributed by atoms with Crippen LogP contribution in [0.25, 0.3) is 0 Å². The number of alkyl carbamates (subject to hydrolysis) is 1. The fourth-order valence-corrected chi connectivity index (χ4v) is 3.14. The van der Waals surface area contributed by atoms with Crippen molar-refractivity contribution >= 4 is 12.0 Å². The maximum Gasteiger partial charge on any atom is 0.408 e. The molecule has 0 heterocycles. The number of aliphatic hydroxyl groups is 1. The summed E-state index contributed by atoms with van der Waals surface area (Å²) in [5.41, 5.74) is 2.21. The van der Waals surface area contributed by atoms with Gasteiger partial charge in [0.15, 0.2) is 0 Å². The molecule has 0 aromatic rings. The average molecular weight is 376 g/mol. The lowest BCUT2D eigenvalue weighted by Crippen LogP contribution is -2.51. The summed E-state index contributed by atoms with van der Waals surface area (Å²) in [6.45, 7) is 6.14. The fraction of sp³-hybridized carbons (Fsp3) is 0.619. The van der Waals surface area contributed by atoms with Gasteiger partial charge in [0.2, 0.25) is 5.91 Å². The van der Waals surface area contributed by atoms with Crippen LogP contribution < -0.4 is 10.6 Å². The van der Waals surface area contributed by atoms with E-state index < -0.39 is 12.1 Å². The maximum atomic E-state index is 12.6. The number of amides is 2. The van der Waals surface area contributed by atoms with E-state index in [9.17, 15) is 14.7 Å². The molecule has 6 heteroatoms. The minimum Gasteiger partial charge on any atom is -0.445 e. The molecule has 2 aliphatic rings. The highest BCUT2D eigenvalue weighted by Crippen LogP contribution is 2.39. The second kappa shape index (κ2) is 10.3. The van der Waals surface area contributed by atoms with Gasteiger partial charge in [0.05, 0.1) is 12.6 Å². The third-order valence-corrected chi connectivity index (χ3v) is 4.74. The first-order valence-corrected chi connectivity index (χ1v) is 9.88. The highest BCUT2D eigenvalue weighted by molar-refractivity contribution is 5.85. The summed E-state index contributed by atoms with van der Waals surface area (Å²) < 4.78 is 5.31. The Hall–Kier alpha value is -2.08. The largest absolute Gasteiger partial charge is 0.445 e. The molecular weight excluding hydrogens is 344 g/mol. The summed E-state index contributed by atoms with van der Waals surface area (Å²) in [6, 6.07) is -0.968. The van der Waals surface area contributed by atoms with Gasteiger partial charge in [-0.3, -0.25) is 4.79 Å². The van der Waals surface area contributed by atoms with Crippen molar-refractivity contribution in [1.82, 2.24) is 10.6 Å². The van der Waals surface area contributed by atoms with Gasteiger partial charge in [-0.25, -0.2) is 4.79 Å². The molecule has 0 bridgehead atoms. The Balaban J connectivity index is 1.85. The number of rotatable bonds is 11. The van der Waals surface area contributed by atoms with Gasteiger partial charge in [-0.2, -0.15) is 0 Å². The molecule has 0 aliphatic heterocycles. The number of hydrogen-bond donors (Lipinski definition) is 3. The number of carbonyl (C=O) groups is 2. The number of carbonyl (C=O) groups excluding carboxylic acids is 2. The van der Waals surface area contributed by atoms with E-state index in [2.05, 4.69) is 29.7 Å². The van der Waals surface area contributed by atoms with Crippen LogP contribution in [0.4, 0.5) is 4.79 Å². The summed E-state index contributed by atoms with van der Waals surface area (Å²) in [5.74, 6) is 0.350. The maximum absolute atomic E-state index is 12.6. The molecule has 3 atom stereocenters. The molecular formula is C21H32N2O4. The number of allylic oxidation sites excluding steroid dienone is 4. The Bertz CT molecular complexity index is 622. The number of aliphatic hydroxyl groups excluding tert-OH is 1. The average Bonchev–Trinajstić information content (AvgIpc) is 3.42. The molecule has 0 spiro atoms. The molecule has 2 amide bonds. The zero-order valence-electron chi connectivity index (χ0n) is 16.5. The van der Waals surface area contributed by atoms with Gasteiger partial charge in [0.1, 0.15) is 12.6 Å². The van der Waals surface area contributed by atoms with Crippen molar-refractivity contribution < 1.29 is 19.4 Å². The molecule has 2 rings (SSSR count). The molecule has 6 nitrogen and oxygen atoms in total. The zero-order valence-corrected chi connectivity index (χ0v) is 16.5. The topological polar surface area (TPSA) is 87.7 Å². The van der Waals surface area contributed by atoms with Gasteiger partial charge in [-0.15, -0.1) is 0 Å². The van der Waals surface area contributed by atoms with Crippen molar-refractivity contribution in [3.05, 3.63) is 35.5 Å². The van der Waals surface area contributed by atoms with E-state index in [4.69, 9.17) is 4.74 Å². The molecule has 0 aromatic heterocycles. The van der Waals surface area contributed by atoms with E-state index in [1.165, 1.54) is 5.57 Å². The van der Waals surface area contributed by atoms with Gasteiger partial charge in [-0.1, -0.05) is 57.9 Å². The van der Waals surface area contributed by atoms with Crippen LogP contribution in [0.1, 0.15) is 46.5 Å². The minimum atomic E-state index is -0.679. The van der Waals surface area contributed by atoms with Crippen LogP contribution in [0.3, 0.4) is 0 Å². The van der Waals surface area contributed by atoms with E-state index in [-0.39, 0.29) is 31.1 Å². The summed E-state index contributed by atoms with van der Waals surface area (Å²) >= 11 is 0. The molecule has 150 valence electrons. The highest BCUT2D eigenvalue weighted by atomic mass is 16.5. The first kappa shape index (κ1) is 21.2. The first-order chi connectivity index (χ1) is 12.9. The summed E-state index contributed by atoms with van der Waals surface area (Å²) in [7, 11) is 0. The molecule has 0 saturated carbocycles. The predicted molar refractivity (Wildman–Crippen MR) is 105 cm³/mol. The summed E-state index contributed by atoms with van der Waals surface area (Å²) in [5, 5.41) is 15.0. The van der Waals surface area contributed by atoms with Gasteiger partial charge >= 0.3 is 6.09 Å². The number of ether oxygens (including phenoxy) is 1. The Labute approximate surface area is 161 Å². The number of fused-ring (bicyclic) bond motifs is 1. The van der Waals surface area contributed by atoms with Crippen molar-refractivity contribution in [2.45, 2.75) is 58.5 Å². The van der Waals surface area contributed by atoms with Gasteiger partial charge in [0, 0.05) is 5.92 Å². The molecule has 0 fully saturated rings. The smallest absolute Gasteiger partial charge is 0.408 e. The fourth-order valence-electron chi connectivity index (χ4n) is 3.14. The van der Waals surface area contributed by atoms with Gasteiger partial charge < -0.3 is 20.5 Å². The molecule has 27 heavy (non-hydrogen) atoms. The number of nitrogens with one attached hydrogen (secondary N) is 2. The first-order valence-electron chi connectivity index (χ1n) is 9.88. The van der Waals surface area contributed by atoms with Crippen LogP contribution in [0.5, 0.6) is 0 Å². The quantitative estimate of drug-likeness (QED) is 0.517. The molecule has 3 N–H and O–H groups in total. The van der Waals surface area contributed by atoms with Crippen molar-refractivity contribution in [3.63, 3.8) is 0 Å². The van der Waals surface area contributed by atoms with Crippen molar-refractivity contribution in [1.29, 1.82) is 0 Å². The monoisotopic (exact) mass is 376 g/mol. The Morgan fingerprint density at radius 2 is 2.07 bits per heavy atom. The highest BCUT2D eigenvalue weighted by Gasteiger charge is 2.28. The Morgan fingerprint density at radius 1 is 1.30 bits per heavy atom. The van der Waals surface area contributed by atoms with Crippen LogP contribution in [-0.4, -0.2) is 42.4 Å². The van der Waals surface area contributed by atoms with Crippen molar-refractivity contribution in [2.75, 3.05) is 13.2 Å². The van der Waals surface area contributed by atoms with Crippen LogP contribution in [-0.2, 0) is 9.53 Å². The summed E-state index contributed by atoms with van der Waals surface area (Å²) in [4.78, 5) is 24.8. The Morgan fingerprint density at radius 3 is 2.74 bits per heavy atom. The zero-order chi connectivity index (χ0) is 19.8. The summed E-state index contributed by atoms with van der Waals surface area (Å²) in [6.07, 6.45) is 10.7. The molecule has 0 aromatic carbocycles. The SMILES string of the molecule is CCCC[C@@H](CO)NC(=O)[C@H](CC(C)C)NC(=O)OCC1=CC=C[C@@H]2C=C12. The molecule has 0 unspecified atom stereocenters. The van der Waals surface area contributed by atoms with Crippen molar-refractivity contribution in [3.8, 4) is 0 Å². The third kappa shape index (κ3) is 6.86. The number of hydrogen-bond acceptors (Lipinski definition) is 4. The van der Waals surface area contributed by atoms with Crippen LogP contribution in [0.15, 0.2) is 35.5 Å². The van der Waals surface area contributed by atoms with E-state index in [0.29, 0.717) is 12.3 Å². The standard InChI is InChI=1S/C21H32N2O4/c1-4-5-9-17(12-24)22-20(25)19(10-14(2)3)23-21(26)27-13-16-8-6-7-15-11-18(15)16/h6-8,11,14-15,17,19,24H,4-5,9-10,12-13H2,1-3H3,(H,22,25)(H,23,26)/t15-,17+,19+/m1/s1.